The van der Waals surface area contributed by atoms with Crippen molar-refractivity contribution in [1.29, 1.82) is 0 Å². The lowest BCUT2D eigenvalue weighted by atomic mass is 9.38. The van der Waals surface area contributed by atoms with Crippen molar-refractivity contribution >= 4 is 17.5 Å². The van der Waals surface area contributed by atoms with E-state index in [9.17, 15) is 34.8 Å². The van der Waals surface area contributed by atoms with Gasteiger partial charge in [0.25, 0.3) is 0 Å². The molecule has 4 rings (SSSR count). The zero-order valence-corrected chi connectivity index (χ0v) is 25.7. The standard InChI is InChI=1S/C32H50O8/c1-17(33)40-27(2,3)13-12-23(36)32(9,39)25-21(35)15-29(6)22-11-10-18-19(14-20(34)26(38)28(18,4)5)31(22,8)24(37)16-30(25,29)7/h10,19-22,25-26,34-35,38-39H,11-16H2,1-9H3/t19-,20+,21-,22+,25+,26-,29+,30-,31+,32+/m1/s1. The highest BCUT2D eigenvalue weighted by Crippen LogP contribution is 2.74. The molecule has 0 radical (unpaired) electrons. The molecule has 0 spiro atoms. The zero-order chi connectivity index (χ0) is 30.4. The van der Waals surface area contributed by atoms with Crippen molar-refractivity contribution in [3.8, 4) is 0 Å². The van der Waals surface area contributed by atoms with E-state index in [1.165, 1.54) is 13.8 Å². The Balaban J connectivity index is 1.70. The van der Waals surface area contributed by atoms with Crippen LogP contribution in [0.3, 0.4) is 0 Å². The topological polar surface area (TPSA) is 141 Å². The fourth-order valence-corrected chi connectivity index (χ4v) is 9.83. The fraction of sp³-hybridized carbons (Fsp3) is 0.844. The van der Waals surface area contributed by atoms with E-state index >= 15 is 0 Å². The first-order valence-electron chi connectivity index (χ1n) is 14.8. The number of allylic oxidation sites excluding steroid dienone is 1. The fourth-order valence-electron chi connectivity index (χ4n) is 9.83. The highest BCUT2D eigenvalue weighted by atomic mass is 16.6. The van der Waals surface area contributed by atoms with Gasteiger partial charge in [-0.05, 0) is 69.1 Å². The molecule has 0 saturated heterocycles. The minimum absolute atomic E-state index is 0.0193. The molecule has 0 amide bonds. The van der Waals surface area contributed by atoms with Crippen LogP contribution in [0.2, 0.25) is 0 Å². The average Bonchev–Trinajstić information content (AvgIpc) is 3.01. The molecular weight excluding hydrogens is 512 g/mol. The van der Waals surface area contributed by atoms with Gasteiger partial charge < -0.3 is 25.2 Å². The van der Waals surface area contributed by atoms with Crippen molar-refractivity contribution in [2.75, 3.05) is 0 Å². The predicted octanol–water partition coefficient (Wildman–Crippen LogP) is 3.52. The van der Waals surface area contributed by atoms with E-state index in [4.69, 9.17) is 4.74 Å². The summed E-state index contributed by atoms with van der Waals surface area (Å²) in [5.74, 6) is -2.15. The maximum atomic E-state index is 14.3. The third-order valence-corrected chi connectivity index (χ3v) is 12.2. The molecule has 4 aliphatic carbocycles. The highest BCUT2D eigenvalue weighted by Gasteiger charge is 2.74. The number of aliphatic hydroxyl groups is 4. The van der Waals surface area contributed by atoms with Crippen molar-refractivity contribution in [1.82, 2.24) is 0 Å². The summed E-state index contributed by atoms with van der Waals surface area (Å²) in [5.41, 5.74) is -4.68. The van der Waals surface area contributed by atoms with Crippen LogP contribution in [0.5, 0.6) is 0 Å². The normalized spacial score (nSPS) is 44.0. The molecule has 4 aliphatic rings. The molecular formula is C32H50O8. The first kappa shape index (κ1) is 31.3. The van der Waals surface area contributed by atoms with Gasteiger partial charge in [-0.2, -0.15) is 0 Å². The van der Waals surface area contributed by atoms with Gasteiger partial charge in [-0.15, -0.1) is 0 Å². The van der Waals surface area contributed by atoms with Crippen molar-refractivity contribution < 1.29 is 39.5 Å². The van der Waals surface area contributed by atoms with Crippen molar-refractivity contribution in [2.24, 2.45) is 39.4 Å². The van der Waals surface area contributed by atoms with Crippen LogP contribution in [-0.4, -0.2) is 67.5 Å². The number of carbonyl (C=O) groups is 3. The largest absolute Gasteiger partial charge is 0.460 e. The summed E-state index contributed by atoms with van der Waals surface area (Å²) in [6.45, 7) is 16.1. The number of Topliss-reactive ketones (excluding diaryl/α,β-unsaturated/α-hetero) is 2. The third-order valence-electron chi connectivity index (χ3n) is 12.2. The van der Waals surface area contributed by atoms with Crippen molar-refractivity contribution in [3.05, 3.63) is 11.6 Å². The number of ketones is 2. The maximum Gasteiger partial charge on any atom is 0.303 e. The molecule has 0 heterocycles. The number of ether oxygens (including phenoxy) is 1. The van der Waals surface area contributed by atoms with Gasteiger partial charge in [0.05, 0.1) is 18.3 Å². The van der Waals surface area contributed by atoms with Crippen LogP contribution in [0, 0.1) is 39.4 Å². The lowest BCUT2D eigenvalue weighted by Gasteiger charge is -2.65. The molecule has 0 aromatic rings. The lowest BCUT2D eigenvalue weighted by molar-refractivity contribution is -0.188. The van der Waals surface area contributed by atoms with Gasteiger partial charge in [-0.25, -0.2) is 0 Å². The molecule has 0 aromatic carbocycles. The van der Waals surface area contributed by atoms with Crippen LogP contribution in [0.4, 0.5) is 0 Å². The van der Waals surface area contributed by atoms with Gasteiger partial charge in [-0.1, -0.05) is 46.3 Å². The first-order chi connectivity index (χ1) is 18.1. The van der Waals surface area contributed by atoms with E-state index in [-0.39, 0.29) is 36.9 Å². The number of rotatable bonds is 6. The summed E-state index contributed by atoms with van der Waals surface area (Å²) >= 11 is 0. The van der Waals surface area contributed by atoms with Crippen LogP contribution in [-0.2, 0) is 19.1 Å². The summed E-state index contributed by atoms with van der Waals surface area (Å²) in [4.78, 5) is 39.4. The monoisotopic (exact) mass is 562 g/mol. The molecule has 0 aliphatic heterocycles. The number of hydrogen-bond donors (Lipinski definition) is 4. The van der Waals surface area contributed by atoms with Crippen LogP contribution in [0.1, 0.15) is 101 Å². The van der Waals surface area contributed by atoms with Crippen molar-refractivity contribution in [3.63, 3.8) is 0 Å². The lowest BCUT2D eigenvalue weighted by Crippen LogP contribution is -2.65. The van der Waals surface area contributed by atoms with Crippen LogP contribution in [0.25, 0.3) is 0 Å². The third kappa shape index (κ3) is 4.26. The van der Waals surface area contributed by atoms with Gasteiger partial charge in [0, 0.05) is 36.5 Å². The van der Waals surface area contributed by atoms with Gasteiger partial charge in [0.15, 0.2) is 5.78 Å². The zero-order valence-electron chi connectivity index (χ0n) is 25.7. The van der Waals surface area contributed by atoms with E-state index in [1.807, 2.05) is 27.7 Å². The molecule has 0 unspecified atom stereocenters. The molecule has 8 heteroatoms. The quantitative estimate of drug-likeness (QED) is 0.285. The molecule has 226 valence electrons. The SMILES string of the molecule is CC(=O)OC(C)(C)CCC(=O)[C@](C)(O)[C@H]1[C@H](O)C[C@@]2(C)[C@@H]3CC=C4[C@@H](C[C@H](O)[C@@H](O)C4(C)C)[C@]3(C)C(=O)C[C@]12C. The molecule has 0 bridgehead atoms. The average molecular weight is 563 g/mol. The molecule has 3 fully saturated rings. The van der Waals surface area contributed by atoms with Gasteiger partial charge in [0.2, 0.25) is 0 Å². The van der Waals surface area contributed by atoms with Gasteiger partial charge in [-0.3, -0.25) is 14.4 Å². The smallest absolute Gasteiger partial charge is 0.303 e. The molecule has 4 N–H and O–H groups in total. The van der Waals surface area contributed by atoms with E-state index in [1.54, 1.807) is 13.8 Å². The Kier molecular flexibility index (Phi) is 7.40. The number of hydrogen-bond acceptors (Lipinski definition) is 8. The Labute approximate surface area is 238 Å². The first-order valence-corrected chi connectivity index (χ1v) is 14.8. The number of esters is 1. The van der Waals surface area contributed by atoms with E-state index in [0.29, 0.717) is 19.3 Å². The molecule has 3 saturated carbocycles. The number of fused-ring (bicyclic) bond motifs is 5. The minimum atomic E-state index is -1.89. The Bertz CT molecular complexity index is 1120. The Morgan fingerprint density at radius 3 is 2.20 bits per heavy atom. The predicted molar refractivity (Wildman–Crippen MR) is 149 cm³/mol. The summed E-state index contributed by atoms with van der Waals surface area (Å²) in [7, 11) is 0. The van der Waals surface area contributed by atoms with Crippen LogP contribution in [0.15, 0.2) is 11.6 Å². The van der Waals surface area contributed by atoms with Crippen LogP contribution >= 0.6 is 0 Å². The van der Waals surface area contributed by atoms with Crippen molar-refractivity contribution in [2.45, 2.75) is 130 Å². The Morgan fingerprint density at radius 1 is 1.02 bits per heavy atom. The summed E-state index contributed by atoms with van der Waals surface area (Å²) in [6, 6.07) is 0. The second-order valence-electron chi connectivity index (χ2n) is 15.4. The molecule has 40 heavy (non-hydrogen) atoms. The second-order valence-corrected chi connectivity index (χ2v) is 15.4. The van der Waals surface area contributed by atoms with Gasteiger partial charge in [0.1, 0.15) is 17.0 Å². The Hall–Kier alpha value is -1.61. The highest BCUT2D eigenvalue weighted by molar-refractivity contribution is 5.90. The van der Waals surface area contributed by atoms with Crippen LogP contribution < -0.4 is 0 Å². The summed E-state index contributed by atoms with van der Waals surface area (Å²) < 4.78 is 5.32. The minimum Gasteiger partial charge on any atom is -0.460 e. The van der Waals surface area contributed by atoms with E-state index in [0.717, 1.165) is 5.57 Å². The number of carbonyl (C=O) groups excluding carboxylic acids is 3. The Morgan fingerprint density at radius 2 is 1.62 bits per heavy atom. The second kappa shape index (κ2) is 9.45. The maximum absolute atomic E-state index is 14.3. The molecule has 0 aromatic heterocycles. The van der Waals surface area contributed by atoms with Gasteiger partial charge >= 0.3 is 5.97 Å². The molecule has 10 atom stereocenters. The summed E-state index contributed by atoms with van der Waals surface area (Å²) in [6.07, 6.45) is 0.776. The van der Waals surface area contributed by atoms with E-state index < -0.39 is 68.8 Å². The summed E-state index contributed by atoms with van der Waals surface area (Å²) in [5, 5.41) is 45.0. The number of aliphatic hydroxyl groups excluding tert-OH is 3. The molecule has 8 nitrogen and oxygen atoms in total. The van der Waals surface area contributed by atoms with E-state index in [2.05, 4.69) is 13.0 Å².